The van der Waals surface area contributed by atoms with E-state index >= 15 is 0 Å². The first-order valence-corrected chi connectivity index (χ1v) is 7.10. The van der Waals surface area contributed by atoms with E-state index in [0.29, 0.717) is 25.7 Å². The van der Waals surface area contributed by atoms with Crippen molar-refractivity contribution in [2.24, 2.45) is 11.8 Å². The van der Waals surface area contributed by atoms with E-state index in [4.69, 9.17) is 9.84 Å². The number of nitrogens with one attached hydrogen (secondary N) is 1. The van der Waals surface area contributed by atoms with Crippen LogP contribution in [0.4, 0.5) is 13.6 Å². The molecule has 0 aromatic rings. The normalized spacial score (nSPS) is 24.5. The zero-order valence-electron chi connectivity index (χ0n) is 12.6. The summed E-state index contributed by atoms with van der Waals surface area (Å²) in [7, 11) is 0. The Morgan fingerprint density at radius 1 is 1.19 bits per heavy atom. The quantitative estimate of drug-likeness (QED) is 0.837. The minimum atomic E-state index is -2.70. The van der Waals surface area contributed by atoms with Crippen LogP contribution in [-0.2, 0) is 9.53 Å². The van der Waals surface area contributed by atoms with Crippen LogP contribution in [0.15, 0.2) is 0 Å². The van der Waals surface area contributed by atoms with Crippen LogP contribution in [0.3, 0.4) is 0 Å². The molecule has 1 aliphatic rings. The topological polar surface area (TPSA) is 75.6 Å². The number of alkyl halides is 2. The highest BCUT2D eigenvalue weighted by Crippen LogP contribution is 2.33. The van der Waals surface area contributed by atoms with Gasteiger partial charge in [-0.2, -0.15) is 0 Å². The predicted octanol–water partition coefficient (Wildman–Crippen LogP) is 3.04. The van der Waals surface area contributed by atoms with E-state index < -0.39 is 42.0 Å². The number of amides is 1. The Balaban J connectivity index is 2.59. The molecule has 0 aromatic carbocycles. The fourth-order valence-electron chi connectivity index (χ4n) is 2.56. The number of aliphatic carboxylic acids is 1. The molecule has 0 spiro atoms. The van der Waals surface area contributed by atoms with Crippen molar-refractivity contribution >= 4 is 12.1 Å². The van der Waals surface area contributed by atoms with Crippen molar-refractivity contribution in [2.75, 3.05) is 0 Å². The molecule has 0 radical (unpaired) electrons. The Morgan fingerprint density at radius 3 is 2.10 bits per heavy atom. The summed E-state index contributed by atoms with van der Waals surface area (Å²) >= 11 is 0. The number of carbonyl (C=O) groups is 2. The van der Waals surface area contributed by atoms with Gasteiger partial charge in [-0.3, -0.25) is 4.79 Å². The maximum atomic E-state index is 13.1. The lowest BCUT2D eigenvalue weighted by molar-refractivity contribution is -0.143. The molecule has 1 rings (SSSR count). The van der Waals surface area contributed by atoms with Crippen LogP contribution in [0.1, 0.15) is 46.5 Å². The second kappa shape index (κ2) is 7.04. The Labute approximate surface area is 123 Å². The summed E-state index contributed by atoms with van der Waals surface area (Å²) in [5, 5.41) is 11.1. The predicted molar refractivity (Wildman–Crippen MR) is 72.2 cm³/mol. The van der Waals surface area contributed by atoms with Crippen molar-refractivity contribution in [1.82, 2.24) is 5.32 Å². The lowest BCUT2D eigenvalue weighted by atomic mass is 9.78. The number of halogens is 2. The van der Waals surface area contributed by atoms with Crippen LogP contribution in [0, 0.1) is 11.8 Å². The van der Waals surface area contributed by atoms with E-state index in [1.807, 2.05) is 0 Å². The third-order valence-electron chi connectivity index (χ3n) is 3.58. The maximum Gasteiger partial charge on any atom is 0.408 e. The van der Waals surface area contributed by atoms with Gasteiger partial charge in [0.05, 0.1) is 12.0 Å². The lowest BCUT2D eigenvalue weighted by Gasteiger charge is -2.33. The molecule has 1 fully saturated rings. The summed E-state index contributed by atoms with van der Waals surface area (Å²) in [5.74, 6) is -1.78. The van der Waals surface area contributed by atoms with Gasteiger partial charge in [-0.1, -0.05) is 0 Å². The van der Waals surface area contributed by atoms with E-state index in [0.717, 1.165) is 0 Å². The van der Waals surface area contributed by atoms with Gasteiger partial charge in [-0.15, -0.1) is 0 Å². The van der Waals surface area contributed by atoms with Crippen molar-refractivity contribution < 1.29 is 28.2 Å². The minimum Gasteiger partial charge on any atom is -0.481 e. The summed E-state index contributed by atoms with van der Waals surface area (Å²) in [6.07, 6.45) is -2.13. The van der Waals surface area contributed by atoms with E-state index in [1.54, 1.807) is 20.8 Å². The van der Waals surface area contributed by atoms with E-state index in [-0.39, 0.29) is 0 Å². The van der Waals surface area contributed by atoms with Gasteiger partial charge in [-0.05, 0) is 52.4 Å². The molecule has 7 heteroatoms. The molecule has 1 atom stereocenters. The number of hydrogen-bond donors (Lipinski definition) is 2. The number of ether oxygens (including phenoxy) is 1. The highest BCUT2D eigenvalue weighted by atomic mass is 19.3. The third kappa shape index (κ3) is 5.85. The van der Waals surface area contributed by atoms with Gasteiger partial charge in [0.2, 0.25) is 0 Å². The van der Waals surface area contributed by atoms with E-state index in [1.165, 1.54) is 0 Å². The molecule has 0 bridgehead atoms. The molecule has 0 saturated heterocycles. The average molecular weight is 307 g/mol. The number of alkyl carbamates (subject to hydrolysis) is 1. The van der Waals surface area contributed by atoms with E-state index in [2.05, 4.69) is 5.32 Å². The standard InChI is InChI=1S/C14H23F2NO4/c1-14(2,3)21-13(20)17-10(11(15)16)8-4-6-9(7-5-8)12(18)19/h8-11H,4-7H2,1-3H3,(H,17,20)(H,18,19)/t8?,9?,10-/m0/s1. The second-order valence-electron chi connectivity index (χ2n) is 6.46. The van der Waals surface area contributed by atoms with Crippen LogP contribution >= 0.6 is 0 Å². The van der Waals surface area contributed by atoms with Gasteiger partial charge in [0.1, 0.15) is 5.60 Å². The Hall–Kier alpha value is -1.40. The van der Waals surface area contributed by atoms with Gasteiger partial charge in [0, 0.05) is 0 Å². The first-order valence-electron chi connectivity index (χ1n) is 7.10. The summed E-state index contributed by atoms with van der Waals surface area (Å²) in [6.45, 7) is 4.96. The second-order valence-corrected chi connectivity index (χ2v) is 6.46. The number of carbonyl (C=O) groups excluding carboxylic acids is 1. The molecule has 1 aliphatic carbocycles. The van der Waals surface area contributed by atoms with Gasteiger partial charge in [-0.25, -0.2) is 13.6 Å². The molecular weight excluding hydrogens is 284 g/mol. The van der Waals surface area contributed by atoms with Gasteiger partial charge < -0.3 is 15.2 Å². The van der Waals surface area contributed by atoms with Crippen LogP contribution in [0.2, 0.25) is 0 Å². The summed E-state index contributed by atoms with van der Waals surface area (Å²) in [4.78, 5) is 22.5. The van der Waals surface area contributed by atoms with Crippen molar-refractivity contribution in [1.29, 1.82) is 0 Å². The third-order valence-corrected chi connectivity index (χ3v) is 3.58. The summed E-state index contributed by atoms with van der Waals surface area (Å²) < 4.78 is 31.3. The fraction of sp³-hybridized carbons (Fsp3) is 0.857. The zero-order valence-corrected chi connectivity index (χ0v) is 12.6. The van der Waals surface area contributed by atoms with Gasteiger partial charge >= 0.3 is 12.1 Å². The largest absolute Gasteiger partial charge is 0.481 e. The molecule has 122 valence electrons. The monoisotopic (exact) mass is 307 g/mol. The van der Waals surface area contributed by atoms with Crippen LogP contribution in [0.25, 0.3) is 0 Å². The molecule has 0 unspecified atom stereocenters. The van der Waals surface area contributed by atoms with Crippen LogP contribution in [-0.4, -0.2) is 35.2 Å². The number of hydrogen-bond acceptors (Lipinski definition) is 3. The molecule has 0 heterocycles. The highest BCUT2D eigenvalue weighted by Gasteiger charge is 2.36. The molecule has 0 aliphatic heterocycles. The molecule has 5 nitrogen and oxygen atoms in total. The van der Waals surface area contributed by atoms with Crippen molar-refractivity contribution in [3.8, 4) is 0 Å². The Bertz CT molecular complexity index is 374. The van der Waals surface area contributed by atoms with Crippen LogP contribution in [0.5, 0.6) is 0 Å². The SMILES string of the molecule is CC(C)(C)OC(=O)N[C@H](C(F)F)C1CCC(C(=O)O)CC1. The van der Waals surface area contributed by atoms with Gasteiger partial charge in [0.15, 0.2) is 0 Å². The highest BCUT2D eigenvalue weighted by molar-refractivity contribution is 5.70. The first-order chi connectivity index (χ1) is 9.60. The molecule has 1 saturated carbocycles. The lowest BCUT2D eigenvalue weighted by Crippen LogP contribution is -2.48. The summed E-state index contributed by atoms with van der Waals surface area (Å²) in [5.41, 5.74) is -0.752. The molecule has 0 aromatic heterocycles. The van der Waals surface area contributed by atoms with E-state index in [9.17, 15) is 18.4 Å². The zero-order chi connectivity index (χ0) is 16.2. The molecule has 2 N–H and O–H groups in total. The maximum absolute atomic E-state index is 13.1. The number of carboxylic acid groups (broad SMARTS) is 1. The van der Waals surface area contributed by atoms with Crippen LogP contribution < -0.4 is 5.32 Å². The van der Waals surface area contributed by atoms with Crippen molar-refractivity contribution in [2.45, 2.75) is 64.5 Å². The molecule has 1 amide bonds. The Morgan fingerprint density at radius 2 is 1.71 bits per heavy atom. The molecular formula is C14H23F2NO4. The number of carboxylic acids is 1. The number of rotatable bonds is 4. The van der Waals surface area contributed by atoms with Crippen molar-refractivity contribution in [3.63, 3.8) is 0 Å². The minimum absolute atomic E-state index is 0.360. The Kier molecular flexibility index (Phi) is 5.92. The first kappa shape index (κ1) is 17.7. The fourth-order valence-corrected chi connectivity index (χ4v) is 2.56. The smallest absolute Gasteiger partial charge is 0.408 e. The average Bonchev–Trinajstić information content (AvgIpc) is 2.33. The van der Waals surface area contributed by atoms with Crippen molar-refractivity contribution in [3.05, 3.63) is 0 Å². The molecule has 21 heavy (non-hydrogen) atoms. The van der Waals surface area contributed by atoms with Gasteiger partial charge in [0.25, 0.3) is 6.43 Å². The summed E-state index contributed by atoms with van der Waals surface area (Å²) in [6, 6.07) is -1.30.